The van der Waals surface area contributed by atoms with Crippen LogP contribution in [-0.4, -0.2) is 31.0 Å². The third-order valence-electron chi connectivity index (χ3n) is 7.14. The number of benzene rings is 2. The van der Waals surface area contributed by atoms with Gasteiger partial charge in [0.25, 0.3) is 5.69 Å². The van der Waals surface area contributed by atoms with Gasteiger partial charge in [0, 0.05) is 28.9 Å². The van der Waals surface area contributed by atoms with Gasteiger partial charge in [0.2, 0.25) is 10.0 Å². The first-order valence-electron chi connectivity index (χ1n) is 10.5. The molecular formula is C23H26N4O4S. The van der Waals surface area contributed by atoms with E-state index in [4.69, 9.17) is 0 Å². The molecule has 9 heteroatoms. The Kier molecular flexibility index (Phi) is 5.62. The van der Waals surface area contributed by atoms with Crippen LogP contribution >= 0.6 is 0 Å². The van der Waals surface area contributed by atoms with E-state index in [1.807, 2.05) is 6.07 Å². The van der Waals surface area contributed by atoms with E-state index in [9.17, 15) is 18.5 Å². The highest BCUT2D eigenvalue weighted by Gasteiger charge is 2.64. The van der Waals surface area contributed by atoms with Crippen molar-refractivity contribution in [2.45, 2.75) is 33.1 Å². The summed E-state index contributed by atoms with van der Waals surface area (Å²) in [6.07, 6.45) is 4.00. The van der Waals surface area contributed by atoms with Crippen LogP contribution in [0, 0.1) is 26.9 Å². The normalized spacial score (nSPS) is 25.4. The summed E-state index contributed by atoms with van der Waals surface area (Å²) in [4.78, 5) is 10.3. The van der Waals surface area contributed by atoms with Crippen molar-refractivity contribution in [3.8, 4) is 0 Å². The van der Waals surface area contributed by atoms with Crippen LogP contribution in [0.1, 0.15) is 38.7 Å². The van der Waals surface area contributed by atoms with Crippen molar-refractivity contribution in [1.82, 2.24) is 0 Å². The quantitative estimate of drug-likeness (QED) is 0.373. The summed E-state index contributed by atoms with van der Waals surface area (Å²) in [5.41, 5.74) is 1.28. The molecule has 0 aromatic heterocycles. The van der Waals surface area contributed by atoms with Gasteiger partial charge in [-0.2, -0.15) is 10.2 Å². The van der Waals surface area contributed by atoms with Crippen LogP contribution in [0.3, 0.4) is 0 Å². The van der Waals surface area contributed by atoms with E-state index in [-0.39, 0.29) is 16.9 Å². The topological polar surface area (TPSA) is 114 Å². The maximum Gasteiger partial charge on any atom is 0.269 e. The first-order valence-corrected chi connectivity index (χ1v) is 12.2. The Balaban J connectivity index is 1.58. The largest absolute Gasteiger partial charge is 0.284 e. The van der Waals surface area contributed by atoms with Crippen molar-refractivity contribution in [3.05, 3.63) is 70.3 Å². The first-order chi connectivity index (χ1) is 15.1. The molecule has 0 amide bonds. The van der Waals surface area contributed by atoms with Gasteiger partial charge in [0.15, 0.2) is 0 Å². The standard InChI is InChI=1S/C23H26N4O4S/c1-22(2)18-12-13-23(22,16-32(30,31)26-19-6-4-3-5-7-19)21(14-18)25-24-15-17-8-10-20(11-9-17)27(28)29/h3-11,15,18,26H,12-14,16H2,1-2H3. The van der Waals surface area contributed by atoms with E-state index >= 15 is 0 Å². The van der Waals surface area contributed by atoms with Gasteiger partial charge in [-0.15, -0.1) is 0 Å². The number of sulfonamides is 1. The van der Waals surface area contributed by atoms with Crippen molar-refractivity contribution >= 4 is 33.3 Å². The Labute approximate surface area is 187 Å². The molecule has 0 aliphatic heterocycles. The highest BCUT2D eigenvalue weighted by Crippen LogP contribution is 2.64. The zero-order chi connectivity index (χ0) is 23.0. The molecule has 2 aromatic rings. The number of fused-ring (bicyclic) bond motifs is 2. The molecule has 0 saturated heterocycles. The van der Waals surface area contributed by atoms with Gasteiger partial charge in [-0.25, -0.2) is 8.42 Å². The fraction of sp³-hybridized carbons (Fsp3) is 0.391. The van der Waals surface area contributed by atoms with E-state index in [0.717, 1.165) is 25.0 Å². The number of para-hydroxylation sites is 1. The third-order valence-corrected chi connectivity index (χ3v) is 8.56. The van der Waals surface area contributed by atoms with Crippen molar-refractivity contribution in [3.63, 3.8) is 0 Å². The lowest BCUT2D eigenvalue weighted by atomic mass is 9.70. The highest BCUT2D eigenvalue weighted by atomic mass is 32.2. The number of nitro benzene ring substituents is 1. The fourth-order valence-electron chi connectivity index (χ4n) is 5.17. The van der Waals surface area contributed by atoms with E-state index in [1.54, 1.807) is 42.6 Å². The van der Waals surface area contributed by atoms with Crippen LogP contribution in [0.2, 0.25) is 0 Å². The molecule has 2 fully saturated rings. The number of nitrogens with zero attached hydrogens (tertiary/aromatic N) is 3. The molecule has 2 aromatic carbocycles. The molecule has 2 unspecified atom stereocenters. The number of nitro groups is 1. The number of anilines is 1. The number of rotatable bonds is 7. The Morgan fingerprint density at radius 1 is 1.16 bits per heavy atom. The summed E-state index contributed by atoms with van der Waals surface area (Å²) < 4.78 is 28.9. The lowest BCUT2D eigenvalue weighted by Crippen LogP contribution is -2.43. The third kappa shape index (κ3) is 4.04. The molecule has 0 heterocycles. The van der Waals surface area contributed by atoms with Crippen LogP contribution in [0.5, 0.6) is 0 Å². The highest BCUT2D eigenvalue weighted by molar-refractivity contribution is 7.92. The molecule has 2 bridgehead atoms. The molecule has 2 aliphatic carbocycles. The van der Waals surface area contributed by atoms with Gasteiger partial charge in [-0.1, -0.05) is 32.0 Å². The zero-order valence-corrected chi connectivity index (χ0v) is 18.9. The van der Waals surface area contributed by atoms with E-state index < -0.39 is 20.4 Å². The minimum absolute atomic E-state index is 0.0124. The minimum Gasteiger partial charge on any atom is -0.284 e. The summed E-state index contributed by atoms with van der Waals surface area (Å²) in [5, 5.41) is 19.5. The second-order valence-electron chi connectivity index (χ2n) is 9.11. The van der Waals surface area contributed by atoms with Gasteiger partial charge < -0.3 is 0 Å². The van der Waals surface area contributed by atoms with Gasteiger partial charge in [0.05, 0.1) is 16.9 Å². The van der Waals surface area contributed by atoms with E-state index in [1.165, 1.54) is 12.1 Å². The smallest absolute Gasteiger partial charge is 0.269 e. The maximum atomic E-state index is 13.1. The molecule has 32 heavy (non-hydrogen) atoms. The molecule has 1 N–H and O–H groups in total. The van der Waals surface area contributed by atoms with Gasteiger partial charge in [0.1, 0.15) is 0 Å². The average Bonchev–Trinajstić information content (AvgIpc) is 3.09. The second kappa shape index (κ2) is 8.12. The lowest BCUT2D eigenvalue weighted by Gasteiger charge is -2.37. The summed E-state index contributed by atoms with van der Waals surface area (Å²) >= 11 is 0. The Bertz CT molecular complexity index is 1170. The summed E-state index contributed by atoms with van der Waals surface area (Å²) in [6, 6.07) is 14.9. The van der Waals surface area contributed by atoms with E-state index in [2.05, 4.69) is 28.8 Å². The molecule has 4 rings (SSSR count). The van der Waals surface area contributed by atoms with Crippen LogP contribution < -0.4 is 4.72 Å². The summed E-state index contributed by atoms with van der Waals surface area (Å²) in [7, 11) is -3.60. The summed E-state index contributed by atoms with van der Waals surface area (Å²) in [5.74, 6) is 0.326. The molecule has 0 radical (unpaired) electrons. The van der Waals surface area contributed by atoms with Gasteiger partial charge in [-0.3, -0.25) is 14.8 Å². The average molecular weight is 455 g/mol. The molecule has 2 atom stereocenters. The van der Waals surface area contributed by atoms with Gasteiger partial charge in [-0.05, 0) is 60.4 Å². The molecule has 0 spiro atoms. The predicted octanol–water partition coefficient (Wildman–Crippen LogP) is 4.64. The molecule has 2 aliphatic rings. The molecule has 8 nitrogen and oxygen atoms in total. The minimum atomic E-state index is -3.60. The Morgan fingerprint density at radius 2 is 1.84 bits per heavy atom. The molecule has 168 valence electrons. The van der Waals surface area contributed by atoms with Crippen molar-refractivity contribution < 1.29 is 13.3 Å². The number of nitrogens with one attached hydrogen (secondary N) is 1. The maximum absolute atomic E-state index is 13.1. The second-order valence-corrected chi connectivity index (χ2v) is 10.8. The predicted molar refractivity (Wildman–Crippen MR) is 126 cm³/mol. The monoisotopic (exact) mass is 454 g/mol. The van der Waals surface area contributed by atoms with Crippen molar-refractivity contribution in [1.29, 1.82) is 0 Å². The molecule has 2 saturated carbocycles. The first kappa shape index (κ1) is 22.1. The van der Waals surface area contributed by atoms with E-state index in [0.29, 0.717) is 17.2 Å². The Hall–Kier alpha value is -3.07. The van der Waals surface area contributed by atoms with Crippen LogP contribution in [-0.2, 0) is 10.0 Å². The zero-order valence-electron chi connectivity index (χ0n) is 18.1. The number of non-ortho nitro benzene ring substituents is 1. The molecular weight excluding hydrogens is 428 g/mol. The van der Waals surface area contributed by atoms with Crippen LogP contribution in [0.25, 0.3) is 0 Å². The van der Waals surface area contributed by atoms with Gasteiger partial charge >= 0.3 is 0 Å². The lowest BCUT2D eigenvalue weighted by molar-refractivity contribution is -0.384. The Morgan fingerprint density at radius 3 is 2.47 bits per heavy atom. The fourth-order valence-corrected chi connectivity index (χ4v) is 7.07. The van der Waals surface area contributed by atoms with Crippen molar-refractivity contribution in [2.75, 3.05) is 10.5 Å². The SMILES string of the molecule is CC1(C)C2CCC1(CS(=O)(=O)Nc1ccccc1)C(=NN=Cc1ccc([N+](=O)[O-])cc1)C2. The summed E-state index contributed by atoms with van der Waals surface area (Å²) in [6.45, 7) is 4.26. The van der Waals surface area contributed by atoms with Crippen molar-refractivity contribution in [2.24, 2.45) is 27.0 Å². The van der Waals surface area contributed by atoms with Crippen LogP contribution in [0.4, 0.5) is 11.4 Å². The number of hydrogen-bond donors (Lipinski definition) is 1. The number of hydrogen-bond acceptors (Lipinski definition) is 6. The van der Waals surface area contributed by atoms with Crippen LogP contribution in [0.15, 0.2) is 64.8 Å².